The first-order valence-electron chi connectivity index (χ1n) is 42.8. The number of halogens is 1. The van der Waals surface area contributed by atoms with Crippen molar-refractivity contribution in [3.8, 4) is 45.2 Å². The molecular formula is C100H86ClN15O16S4. The normalized spacial score (nSPS) is 15.3. The Kier molecular flexibility index (Phi) is 27.7. The van der Waals surface area contributed by atoms with E-state index in [1.165, 1.54) is 17.2 Å². The Morgan fingerprint density at radius 1 is 0.301 bits per heavy atom. The van der Waals surface area contributed by atoms with E-state index in [9.17, 15) is 52.8 Å². The maximum Gasteiger partial charge on any atom is 0.259 e. The Balaban J connectivity index is 0.000000126. The van der Waals surface area contributed by atoms with Crippen LogP contribution < -0.4 is 38.5 Å². The molecule has 0 saturated carbocycles. The van der Waals surface area contributed by atoms with E-state index in [-0.39, 0.29) is 73.6 Å². The van der Waals surface area contributed by atoms with Gasteiger partial charge < -0.3 is 40.2 Å². The number of ether oxygens (including phenoxy) is 4. The van der Waals surface area contributed by atoms with Crippen molar-refractivity contribution in [1.82, 2.24) is 34.9 Å². The van der Waals surface area contributed by atoms with Gasteiger partial charge in [0.2, 0.25) is 0 Å². The van der Waals surface area contributed by atoms with Gasteiger partial charge in [-0.3, -0.25) is 46.4 Å². The lowest BCUT2D eigenvalue weighted by atomic mass is 10.0. The lowest BCUT2D eigenvalue weighted by Crippen LogP contribution is -2.41. The monoisotopic (exact) mass is 1920 g/mol. The molecule has 0 spiro atoms. The number of amides is 4. The summed E-state index contributed by atoms with van der Waals surface area (Å²) in [5.41, 5.74) is 19.8. The number of benzene rings is 10. The van der Waals surface area contributed by atoms with Crippen molar-refractivity contribution in [3.05, 3.63) is 342 Å². The zero-order chi connectivity index (χ0) is 94.8. The first-order chi connectivity index (χ1) is 65.6. The van der Waals surface area contributed by atoms with Gasteiger partial charge in [0.05, 0.1) is 131 Å². The van der Waals surface area contributed by atoms with Crippen LogP contribution in [0.15, 0.2) is 298 Å². The molecule has 36 heteroatoms. The van der Waals surface area contributed by atoms with Gasteiger partial charge >= 0.3 is 0 Å². The summed E-state index contributed by atoms with van der Waals surface area (Å²) < 4.78 is 123. The van der Waals surface area contributed by atoms with Gasteiger partial charge in [-0.25, -0.2) is 58.6 Å². The molecule has 4 aliphatic heterocycles. The molecule has 0 atom stereocenters. The molecular weight excluding hydrogens is 1830 g/mol. The van der Waals surface area contributed by atoms with Crippen LogP contribution in [0.25, 0.3) is 89.0 Å². The van der Waals surface area contributed by atoms with Gasteiger partial charge in [-0.2, -0.15) is 0 Å². The minimum atomic E-state index is -3.52. The molecule has 0 aliphatic carbocycles. The summed E-state index contributed by atoms with van der Waals surface area (Å²) in [5, 5.41) is 14.1. The number of aryl methyl sites for hydroxylation is 3. The lowest BCUT2D eigenvalue weighted by Gasteiger charge is -2.28. The van der Waals surface area contributed by atoms with Crippen LogP contribution in [0.2, 0.25) is 5.02 Å². The van der Waals surface area contributed by atoms with E-state index in [2.05, 4.69) is 46.2 Å². The molecule has 6 aromatic heterocycles. The number of nitrogens with one attached hydrogen (secondary N) is 4. The van der Waals surface area contributed by atoms with Gasteiger partial charge in [0, 0.05) is 96.6 Å². The maximum atomic E-state index is 12.9. The van der Waals surface area contributed by atoms with Gasteiger partial charge in [0.25, 0.3) is 63.7 Å². The number of fused-ring (bicyclic) bond motifs is 4. The summed E-state index contributed by atoms with van der Waals surface area (Å²) in [5.74, 6) is -1.98. The fourth-order valence-electron chi connectivity index (χ4n) is 15.4. The van der Waals surface area contributed by atoms with Crippen LogP contribution in [0.1, 0.15) is 58.1 Å². The highest BCUT2D eigenvalue weighted by Crippen LogP contribution is 2.36. The molecule has 0 radical (unpaired) electrons. The number of hydrogen-bond acceptors (Lipinski definition) is 23. The number of rotatable bonds is 16. The van der Waals surface area contributed by atoms with E-state index in [0.29, 0.717) is 116 Å². The maximum absolute atomic E-state index is 12.9. The first-order valence-corrected chi connectivity index (χ1v) is 49.6. The fourth-order valence-corrected chi connectivity index (χ4v) is 20.6. The number of carbonyl (C=O) groups excluding carboxylic acids is 4. The van der Waals surface area contributed by atoms with Crippen molar-refractivity contribution >= 4 is 165 Å². The molecule has 4 amide bonds. The number of pyridine rings is 5. The van der Waals surface area contributed by atoms with Crippen LogP contribution in [0.5, 0.6) is 0 Å². The summed E-state index contributed by atoms with van der Waals surface area (Å²) in [6.45, 7) is 8.28. The van der Waals surface area contributed by atoms with Crippen molar-refractivity contribution in [1.29, 1.82) is 0 Å². The molecule has 20 rings (SSSR count). The second-order valence-electron chi connectivity index (χ2n) is 31.7. The Hall–Kier alpha value is -14.9. The third-order valence-corrected chi connectivity index (χ3v) is 28.9. The topological polar surface area (TPSA) is 393 Å². The highest BCUT2D eigenvalue weighted by atomic mass is 35.5. The fraction of sp³-hybridized carbons (Fsp3) is 0.150. The largest absolute Gasteiger partial charge is 0.362 e. The third kappa shape index (κ3) is 21.6. The van der Waals surface area contributed by atoms with E-state index >= 15 is 0 Å². The number of sulfonamides is 4. The minimum Gasteiger partial charge on any atom is -0.362 e. The van der Waals surface area contributed by atoms with Crippen molar-refractivity contribution in [2.24, 2.45) is 0 Å². The van der Waals surface area contributed by atoms with Gasteiger partial charge in [0.15, 0.2) is 29.6 Å². The highest BCUT2D eigenvalue weighted by molar-refractivity contribution is 7.93. The number of nitrogens with zero attached hydrogens (tertiary/aromatic N) is 11. The van der Waals surface area contributed by atoms with Crippen LogP contribution >= 0.6 is 11.6 Å². The van der Waals surface area contributed by atoms with Gasteiger partial charge in [-0.15, -0.1) is 0 Å². The smallest absolute Gasteiger partial charge is 0.259 e. The molecule has 0 bridgehead atoms. The second kappa shape index (κ2) is 40.5. The first kappa shape index (κ1) is 92.9. The Bertz CT molecular complexity index is 6870. The highest BCUT2D eigenvalue weighted by Gasteiger charge is 2.32. The third-order valence-electron chi connectivity index (χ3n) is 22.5. The second-order valence-corrected chi connectivity index (χ2v) is 39.5. The standard InChI is InChI=1S/C26H23N3O4S.2C25H22N4O4S.C24H19ClN4O4S/c1-18-6-10-21(16-23(18)25-13-9-19-4-2-3-5-24(19)28-25)27-26(30)20-7-11-22(12-8-20)29-14-15-33-17-34(29,31)32;1-17-4-7-19(15-21(17)22-10-11-23-24(28-22)3-2-12-26-23)27-25(30)18-5-8-20(9-6-18)29-13-14-33-16-34(29,31)32;1-17-6-9-20(14-22(17)24-26-15-19-4-2-3-5-23(19)28-24)27-25(30)18-7-10-21(11-8-18)29-12-13-33-16-34(29,31)32;25-20-8-5-17(14-19(20)21-9-10-22-23(28-21)2-1-11-26-22)27-24(30)16-3-6-18(7-4-16)29-12-13-33-15-34(29,31)32/h2-13,16H,14-15,17H2,1H3,(H,27,30);2-12,15H,13-14,16H2,1H3,(H,27,30);2-11,14-15H,12-13,16H2,1H3,(H,27,30);1-11,14H,12-13,15H2,(H,27,30). The van der Waals surface area contributed by atoms with Crippen LogP contribution in [-0.2, 0) is 59.0 Å². The minimum absolute atomic E-state index is 0.236. The lowest BCUT2D eigenvalue weighted by molar-refractivity contribution is 0.101. The van der Waals surface area contributed by atoms with Crippen molar-refractivity contribution in [2.75, 3.05) is 115 Å². The van der Waals surface area contributed by atoms with Crippen molar-refractivity contribution in [2.45, 2.75) is 20.8 Å². The predicted octanol–water partition coefficient (Wildman–Crippen LogP) is 16.9. The number of para-hydroxylation sites is 2. The number of aromatic nitrogens is 7. The molecule has 4 N–H and O–H groups in total. The summed E-state index contributed by atoms with van der Waals surface area (Å²) in [6.07, 6.45) is 5.23. The molecule has 136 heavy (non-hydrogen) atoms. The van der Waals surface area contributed by atoms with E-state index < -0.39 is 40.1 Å². The molecule has 0 unspecified atom stereocenters. The van der Waals surface area contributed by atoms with Gasteiger partial charge in [-0.1, -0.05) is 72.3 Å². The molecule has 10 aromatic carbocycles. The van der Waals surface area contributed by atoms with E-state index in [4.69, 9.17) is 40.5 Å². The molecule has 31 nitrogen and oxygen atoms in total. The van der Waals surface area contributed by atoms with E-state index in [0.717, 1.165) is 88.6 Å². The molecule has 4 saturated heterocycles. The van der Waals surface area contributed by atoms with Crippen molar-refractivity contribution < 1.29 is 71.8 Å². The number of carbonyl (C=O) groups is 4. The SMILES string of the molecule is Cc1ccc(NC(=O)c2ccc(N3CCOCS3(=O)=O)cc2)cc1-c1ccc2ccccc2n1.Cc1ccc(NC(=O)c2ccc(N3CCOCS3(=O)=O)cc2)cc1-c1ccc2ncccc2n1.Cc1ccc(NC(=O)c2ccc(N3CCOCS3(=O)=O)cc2)cc1-c1ncc2ccccc2n1.O=C(Nc1ccc(Cl)c(-c2ccc3ncccc3n2)c1)c1ccc(N2CCOCS2(=O)=O)cc1. The van der Waals surface area contributed by atoms with Gasteiger partial charge in [0.1, 0.15) is 0 Å². The molecule has 16 aromatic rings. The zero-order valence-electron chi connectivity index (χ0n) is 73.2. The summed E-state index contributed by atoms with van der Waals surface area (Å²) in [4.78, 5) is 83.2. The quantitative estimate of drug-likeness (QED) is 0.0698. The molecule has 4 aliphatic rings. The summed E-state index contributed by atoms with van der Waals surface area (Å²) >= 11 is 6.42. The number of anilines is 8. The Labute approximate surface area is 788 Å². The van der Waals surface area contributed by atoms with Gasteiger partial charge in [-0.05, 0) is 256 Å². The summed E-state index contributed by atoms with van der Waals surface area (Å²) in [7, 11) is -14.0. The molecule has 688 valence electrons. The Morgan fingerprint density at radius 3 is 0.993 bits per heavy atom. The van der Waals surface area contributed by atoms with E-state index in [1.807, 2.05) is 185 Å². The predicted molar refractivity (Wildman–Crippen MR) is 527 cm³/mol. The summed E-state index contributed by atoms with van der Waals surface area (Å²) in [6, 6.07) is 82.8. The molecule has 4 fully saturated rings. The van der Waals surface area contributed by atoms with Crippen LogP contribution in [-0.4, -0.2) is 169 Å². The van der Waals surface area contributed by atoms with Crippen LogP contribution in [0.4, 0.5) is 45.5 Å². The average Bonchev–Trinajstić information content (AvgIpc) is 0.841. The Morgan fingerprint density at radius 2 is 0.610 bits per heavy atom. The molecule has 10 heterocycles. The number of hydrogen-bond donors (Lipinski definition) is 4. The average molecular weight is 1920 g/mol. The van der Waals surface area contributed by atoms with Crippen LogP contribution in [0, 0.1) is 20.8 Å². The van der Waals surface area contributed by atoms with Crippen LogP contribution in [0.3, 0.4) is 0 Å². The zero-order valence-corrected chi connectivity index (χ0v) is 77.3. The van der Waals surface area contributed by atoms with E-state index in [1.54, 1.807) is 134 Å². The van der Waals surface area contributed by atoms with Crippen molar-refractivity contribution in [3.63, 3.8) is 0 Å².